The van der Waals surface area contributed by atoms with Crippen LogP contribution in [0.2, 0.25) is 0 Å². The molecular weight excluding hydrogens is 186 g/mol. The van der Waals surface area contributed by atoms with Crippen LogP contribution >= 0.6 is 0 Å². The monoisotopic (exact) mass is 215 g/mol. The van der Waals surface area contributed by atoms with Crippen molar-refractivity contribution >= 4 is 0 Å². The average Bonchev–Trinajstić information content (AvgIpc) is 2.14. The van der Waals surface area contributed by atoms with E-state index >= 15 is 0 Å². The molecule has 15 heavy (non-hydrogen) atoms. The lowest BCUT2D eigenvalue weighted by Gasteiger charge is -2.35. The molecule has 2 unspecified atom stereocenters. The fraction of sp³-hybridized carbons (Fsp3) is 1.00. The van der Waals surface area contributed by atoms with Crippen LogP contribution in [-0.4, -0.2) is 62.7 Å². The molecule has 92 valence electrons. The lowest BCUT2D eigenvalue weighted by Crippen LogP contribution is -2.45. The number of hydrogen-bond acceptors (Lipinski definition) is 3. The lowest BCUT2D eigenvalue weighted by molar-refractivity contribution is 0.131. The molecule has 2 atom stereocenters. The third-order valence-electron chi connectivity index (χ3n) is 2.94. The average molecular weight is 215 g/mol. The van der Waals surface area contributed by atoms with Gasteiger partial charge in [-0.25, -0.2) is 0 Å². The van der Waals surface area contributed by atoms with Crippen molar-refractivity contribution in [2.24, 2.45) is 0 Å². The first-order chi connectivity index (χ1) is 7.02. The first-order valence-corrected chi connectivity index (χ1v) is 6.08. The summed E-state index contributed by atoms with van der Waals surface area (Å²) in [5, 5.41) is 3.22. The van der Waals surface area contributed by atoms with Gasteiger partial charge in [0, 0.05) is 18.6 Å². The van der Waals surface area contributed by atoms with E-state index in [0.29, 0.717) is 12.1 Å². The molecule has 0 rings (SSSR count). The summed E-state index contributed by atoms with van der Waals surface area (Å²) in [5.74, 6) is 0. The van der Waals surface area contributed by atoms with Gasteiger partial charge in [0.25, 0.3) is 0 Å². The second-order valence-electron chi connectivity index (χ2n) is 4.68. The van der Waals surface area contributed by atoms with Crippen molar-refractivity contribution in [3.05, 3.63) is 0 Å². The van der Waals surface area contributed by atoms with Crippen LogP contribution < -0.4 is 5.32 Å². The number of hydrogen-bond donors (Lipinski definition) is 1. The Balaban J connectivity index is 4.07. The molecular formula is C12H29N3. The summed E-state index contributed by atoms with van der Waals surface area (Å²) in [6, 6.07) is 1.30. The van der Waals surface area contributed by atoms with Gasteiger partial charge >= 0.3 is 0 Å². The number of likely N-dealkylation sites (N-methyl/N-ethyl adjacent to an activating group) is 2. The van der Waals surface area contributed by atoms with Crippen LogP contribution in [0.5, 0.6) is 0 Å². The summed E-state index contributed by atoms with van der Waals surface area (Å²) in [6.07, 6.45) is 1.22. The van der Waals surface area contributed by atoms with Crippen molar-refractivity contribution in [1.29, 1.82) is 0 Å². The second kappa shape index (κ2) is 8.08. The molecule has 0 fully saturated rings. The van der Waals surface area contributed by atoms with Gasteiger partial charge in [-0.05, 0) is 54.5 Å². The highest BCUT2D eigenvalue weighted by Crippen LogP contribution is 2.08. The van der Waals surface area contributed by atoms with Crippen molar-refractivity contribution in [2.45, 2.75) is 39.3 Å². The minimum Gasteiger partial charge on any atom is -0.320 e. The molecule has 0 radical (unpaired) electrons. The molecule has 0 bridgehead atoms. The van der Waals surface area contributed by atoms with Crippen LogP contribution in [0.3, 0.4) is 0 Å². The number of rotatable bonds is 8. The van der Waals surface area contributed by atoms with Gasteiger partial charge in [-0.3, -0.25) is 4.90 Å². The highest BCUT2D eigenvalue weighted by atomic mass is 15.2. The van der Waals surface area contributed by atoms with E-state index in [1.807, 2.05) is 7.05 Å². The molecule has 0 aliphatic carbocycles. The molecule has 0 aromatic rings. The maximum absolute atomic E-state index is 3.22. The van der Waals surface area contributed by atoms with Crippen LogP contribution in [0.25, 0.3) is 0 Å². The molecule has 3 nitrogen and oxygen atoms in total. The van der Waals surface area contributed by atoms with Gasteiger partial charge < -0.3 is 10.2 Å². The SMILES string of the molecule is CCN(C(C)CCNC)C(C)CN(C)C. The molecule has 0 aliphatic rings. The van der Waals surface area contributed by atoms with Crippen molar-refractivity contribution in [3.8, 4) is 0 Å². The molecule has 0 heterocycles. The molecule has 0 aliphatic heterocycles. The Morgan fingerprint density at radius 1 is 1.13 bits per heavy atom. The maximum atomic E-state index is 3.22. The number of nitrogens with zero attached hydrogens (tertiary/aromatic N) is 2. The fourth-order valence-electron chi connectivity index (χ4n) is 2.21. The zero-order valence-electron chi connectivity index (χ0n) is 11.4. The van der Waals surface area contributed by atoms with E-state index in [1.165, 1.54) is 6.42 Å². The predicted molar refractivity (Wildman–Crippen MR) is 68.4 cm³/mol. The Morgan fingerprint density at radius 3 is 2.13 bits per heavy atom. The van der Waals surface area contributed by atoms with Crippen LogP contribution in [0.4, 0.5) is 0 Å². The van der Waals surface area contributed by atoms with Crippen LogP contribution in [0.15, 0.2) is 0 Å². The Hall–Kier alpha value is -0.120. The van der Waals surface area contributed by atoms with Crippen LogP contribution in [0.1, 0.15) is 27.2 Å². The molecule has 0 spiro atoms. The fourth-order valence-corrected chi connectivity index (χ4v) is 2.21. The smallest absolute Gasteiger partial charge is 0.0197 e. The first kappa shape index (κ1) is 14.9. The van der Waals surface area contributed by atoms with E-state index in [4.69, 9.17) is 0 Å². The van der Waals surface area contributed by atoms with E-state index in [0.717, 1.165) is 19.6 Å². The van der Waals surface area contributed by atoms with E-state index in [2.05, 4.69) is 50.0 Å². The standard InChI is InChI=1S/C12H29N3/c1-7-15(11(2)8-9-13-4)12(3)10-14(5)6/h11-13H,7-10H2,1-6H3. The zero-order chi connectivity index (χ0) is 11.8. The predicted octanol–water partition coefficient (Wildman–Crippen LogP) is 1.26. The summed E-state index contributed by atoms with van der Waals surface area (Å²) >= 11 is 0. The van der Waals surface area contributed by atoms with Crippen molar-refractivity contribution < 1.29 is 0 Å². The number of nitrogens with one attached hydrogen (secondary N) is 1. The normalized spacial score (nSPS) is 16.0. The molecule has 0 saturated carbocycles. The minimum atomic E-state index is 0.636. The Kier molecular flexibility index (Phi) is 8.02. The molecule has 0 aromatic carbocycles. The molecule has 0 amide bonds. The minimum absolute atomic E-state index is 0.636. The highest BCUT2D eigenvalue weighted by molar-refractivity contribution is 4.74. The van der Waals surface area contributed by atoms with E-state index in [-0.39, 0.29) is 0 Å². The van der Waals surface area contributed by atoms with Gasteiger partial charge in [0.15, 0.2) is 0 Å². The third kappa shape index (κ3) is 6.13. The van der Waals surface area contributed by atoms with Crippen molar-refractivity contribution in [1.82, 2.24) is 15.1 Å². The Bertz CT molecular complexity index is 148. The summed E-state index contributed by atoms with van der Waals surface area (Å²) in [7, 11) is 6.30. The first-order valence-electron chi connectivity index (χ1n) is 6.08. The van der Waals surface area contributed by atoms with E-state index in [1.54, 1.807) is 0 Å². The third-order valence-corrected chi connectivity index (χ3v) is 2.94. The van der Waals surface area contributed by atoms with Gasteiger partial charge in [0.2, 0.25) is 0 Å². The van der Waals surface area contributed by atoms with E-state index < -0.39 is 0 Å². The van der Waals surface area contributed by atoms with Gasteiger partial charge in [-0.2, -0.15) is 0 Å². The van der Waals surface area contributed by atoms with Gasteiger partial charge in [0.05, 0.1) is 0 Å². The topological polar surface area (TPSA) is 18.5 Å². The highest BCUT2D eigenvalue weighted by Gasteiger charge is 2.18. The van der Waals surface area contributed by atoms with Crippen LogP contribution in [-0.2, 0) is 0 Å². The molecule has 0 saturated heterocycles. The second-order valence-corrected chi connectivity index (χ2v) is 4.68. The van der Waals surface area contributed by atoms with Gasteiger partial charge in [-0.1, -0.05) is 6.92 Å². The zero-order valence-corrected chi connectivity index (χ0v) is 11.4. The van der Waals surface area contributed by atoms with Crippen LogP contribution in [0, 0.1) is 0 Å². The summed E-state index contributed by atoms with van der Waals surface area (Å²) in [6.45, 7) is 10.3. The quantitative estimate of drug-likeness (QED) is 0.657. The summed E-state index contributed by atoms with van der Waals surface area (Å²) < 4.78 is 0. The Labute approximate surface area is 95.8 Å². The summed E-state index contributed by atoms with van der Waals surface area (Å²) in [4.78, 5) is 4.84. The van der Waals surface area contributed by atoms with Crippen molar-refractivity contribution in [3.63, 3.8) is 0 Å². The Morgan fingerprint density at radius 2 is 1.73 bits per heavy atom. The van der Waals surface area contributed by atoms with Crippen molar-refractivity contribution in [2.75, 3.05) is 40.8 Å². The van der Waals surface area contributed by atoms with Gasteiger partial charge in [0.1, 0.15) is 0 Å². The lowest BCUT2D eigenvalue weighted by atomic mass is 10.1. The molecule has 3 heteroatoms. The summed E-state index contributed by atoms with van der Waals surface area (Å²) in [5.41, 5.74) is 0. The van der Waals surface area contributed by atoms with Gasteiger partial charge in [-0.15, -0.1) is 0 Å². The molecule has 0 aromatic heterocycles. The molecule has 1 N–H and O–H groups in total. The maximum Gasteiger partial charge on any atom is 0.0197 e. The largest absolute Gasteiger partial charge is 0.320 e. The van der Waals surface area contributed by atoms with E-state index in [9.17, 15) is 0 Å².